The molecule has 5 aromatic rings. The molecule has 0 aliphatic rings. The number of ether oxygens (including phenoxy) is 2. The maximum atomic E-state index is 13.0. The number of rotatable bonds is 13. The van der Waals surface area contributed by atoms with Crippen LogP contribution in [0.1, 0.15) is 65.3 Å². The quantitative estimate of drug-likeness (QED) is 0.0752. The molecule has 3 aromatic carbocycles. The van der Waals surface area contributed by atoms with Gasteiger partial charge in [0.2, 0.25) is 5.91 Å². The number of amides is 3. The summed E-state index contributed by atoms with van der Waals surface area (Å²) in [6, 6.07) is 18.2. The second-order valence-electron chi connectivity index (χ2n) is 13.6. The van der Waals surface area contributed by atoms with Crippen LogP contribution in [-0.4, -0.2) is 75.7 Å². The van der Waals surface area contributed by atoms with Crippen molar-refractivity contribution in [1.82, 2.24) is 41.2 Å². The van der Waals surface area contributed by atoms with Gasteiger partial charge in [0.1, 0.15) is 23.9 Å². The average Bonchev–Trinajstić information content (AvgIpc) is 3.76. The lowest BCUT2D eigenvalue weighted by molar-refractivity contribution is -0.124. The minimum atomic E-state index is -1.02. The minimum Gasteiger partial charge on any atom is -0.453 e. The summed E-state index contributed by atoms with van der Waals surface area (Å²) in [7, 11) is 2.55. The maximum Gasteiger partial charge on any atom is 0.407 e. The number of carbonyl (C=O) groups excluding carboxylic acids is 3. The molecule has 14 nitrogen and oxygen atoms in total. The first-order chi connectivity index (χ1) is 24.8. The lowest BCUT2D eigenvalue weighted by Gasteiger charge is -2.29. The number of H-pyrrole nitrogens is 2. The predicted octanol–water partition coefficient (Wildman–Crippen LogP) is 5.68. The Labute approximate surface area is 302 Å². The van der Waals surface area contributed by atoms with Crippen molar-refractivity contribution in [2.75, 3.05) is 14.2 Å². The fraction of sp³-hybridized carbons (Fsp3) is 0.395. The van der Waals surface area contributed by atoms with Gasteiger partial charge in [0.25, 0.3) is 0 Å². The molecular weight excluding hydrogens is 664 g/mol. The van der Waals surface area contributed by atoms with Gasteiger partial charge < -0.3 is 40.5 Å². The average molecular weight is 713 g/mol. The van der Waals surface area contributed by atoms with E-state index >= 15 is 0 Å². The summed E-state index contributed by atoms with van der Waals surface area (Å²) in [4.78, 5) is 52.6. The Bertz CT molecular complexity index is 2020. The normalized spacial score (nSPS) is 14.5. The number of aromatic nitrogens is 4. The second kappa shape index (κ2) is 16.3. The highest BCUT2D eigenvalue weighted by Gasteiger charge is 2.28. The number of methoxy groups -OCH3 is 2. The molecule has 0 spiro atoms. The Morgan fingerprint density at radius 3 is 1.56 bits per heavy atom. The van der Waals surface area contributed by atoms with Crippen molar-refractivity contribution in [2.24, 2.45) is 11.8 Å². The van der Waals surface area contributed by atoms with E-state index in [1.165, 1.54) is 14.2 Å². The number of hydrogen-bond acceptors (Lipinski definition) is 9. The number of carbonyl (C=O) groups is 3. The molecule has 7 N–H and O–H groups in total. The molecule has 2 aromatic heterocycles. The van der Waals surface area contributed by atoms with Crippen LogP contribution in [0, 0.1) is 11.8 Å². The van der Waals surface area contributed by atoms with Crippen molar-refractivity contribution < 1.29 is 29.0 Å². The Morgan fingerprint density at radius 2 is 1.10 bits per heavy atom. The highest BCUT2D eigenvalue weighted by Crippen LogP contribution is 2.29. The van der Waals surface area contributed by atoms with Crippen LogP contribution in [0.25, 0.3) is 44.3 Å². The van der Waals surface area contributed by atoms with Crippen molar-refractivity contribution in [3.05, 3.63) is 72.3 Å². The van der Waals surface area contributed by atoms with Gasteiger partial charge in [-0.25, -0.2) is 19.6 Å². The molecule has 0 radical (unpaired) electrons. The van der Waals surface area contributed by atoms with Crippen LogP contribution < -0.4 is 21.3 Å². The molecule has 0 saturated heterocycles. The molecule has 0 fully saturated rings. The number of benzene rings is 3. The van der Waals surface area contributed by atoms with Gasteiger partial charge in [-0.3, -0.25) is 10.1 Å². The third-order valence-electron chi connectivity index (χ3n) is 9.09. The number of aliphatic hydroxyl groups excluding tert-OH is 1. The SMILES string of the molecule is COC(=O)NC(C(=O)NC(C)c1nc2ccc(-c3ccc(-c4ccc5nc(C(C)NC(O)C(NC(=O)OC)C(C)C)[nH]c5c4)cc3)cc2[nH]1)C(C)C. The van der Waals surface area contributed by atoms with Gasteiger partial charge in [0.05, 0.1) is 54.4 Å². The Morgan fingerprint density at radius 1 is 0.635 bits per heavy atom. The fourth-order valence-corrected chi connectivity index (χ4v) is 6.02. The number of alkyl carbamates (subject to hydrolysis) is 2. The van der Waals surface area contributed by atoms with Gasteiger partial charge >= 0.3 is 12.2 Å². The van der Waals surface area contributed by atoms with Crippen LogP contribution in [0.3, 0.4) is 0 Å². The number of nitrogens with one attached hydrogen (secondary N) is 6. The first-order valence-electron chi connectivity index (χ1n) is 17.3. The minimum absolute atomic E-state index is 0.0441. The first-order valence-corrected chi connectivity index (χ1v) is 17.3. The topological polar surface area (TPSA) is 195 Å². The number of aliphatic hydroxyl groups is 1. The van der Waals surface area contributed by atoms with E-state index in [0.717, 1.165) is 44.3 Å². The first kappa shape index (κ1) is 37.8. The Balaban J connectivity index is 1.27. The number of imidazole rings is 2. The lowest BCUT2D eigenvalue weighted by Crippen LogP contribution is -2.53. The zero-order chi connectivity index (χ0) is 37.7. The molecule has 0 aliphatic heterocycles. The van der Waals surface area contributed by atoms with Crippen LogP contribution >= 0.6 is 0 Å². The van der Waals surface area contributed by atoms with Crippen molar-refractivity contribution in [3.63, 3.8) is 0 Å². The van der Waals surface area contributed by atoms with Gasteiger partial charge in [0.15, 0.2) is 0 Å². The summed E-state index contributed by atoms with van der Waals surface area (Å²) in [5, 5.41) is 22.2. The molecule has 276 valence electrons. The van der Waals surface area contributed by atoms with Gasteiger partial charge in [-0.05, 0) is 72.2 Å². The van der Waals surface area contributed by atoms with Crippen molar-refractivity contribution in [3.8, 4) is 22.3 Å². The van der Waals surface area contributed by atoms with Crippen LogP contribution in [0.15, 0.2) is 60.7 Å². The summed E-state index contributed by atoms with van der Waals surface area (Å²) in [5.74, 6) is 0.751. The predicted molar refractivity (Wildman–Crippen MR) is 199 cm³/mol. The molecule has 0 bridgehead atoms. The number of nitrogens with zero attached hydrogens (tertiary/aromatic N) is 2. The van der Waals surface area contributed by atoms with Gasteiger partial charge in [-0.2, -0.15) is 0 Å². The summed E-state index contributed by atoms with van der Waals surface area (Å²) in [6.45, 7) is 11.2. The smallest absolute Gasteiger partial charge is 0.407 e. The summed E-state index contributed by atoms with van der Waals surface area (Å²) in [6.07, 6.45) is -2.29. The zero-order valence-corrected chi connectivity index (χ0v) is 30.7. The number of aromatic amines is 2. The molecule has 52 heavy (non-hydrogen) atoms. The van der Waals surface area contributed by atoms with E-state index in [0.29, 0.717) is 11.6 Å². The number of fused-ring (bicyclic) bond motifs is 2. The highest BCUT2D eigenvalue weighted by atomic mass is 16.5. The third-order valence-corrected chi connectivity index (χ3v) is 9.09. The van der Waals surface area contributed by atoms with Crippen molar-refractivity contribution >= 4 is 40.2 Å². The highest BCUT2D eigenvalue weighted by molar-refractivity contribution is 5.87. The molecule has 3 amide bonds. The van der Waals surface area contributed by atoms with Crippen molar-refractivity contribution in [2.45, 2.75) is 71.9 Å². The van der Waals surface area contributed by atoms with E-state index in [1.807, 2.05) is 77.9 Å². The molecule has 14 heteroatoms. The zero-order valence-electron chi connectivity index (χ0n) is 30.7. The molecular formula is C38H48N8O6. The van der Waals surface area contributed by atoms with E-state index in [1.54, 1.807) is 0 Å². The van der Waals surface area contributed by atoms with Gasteiger partial charge in [-0.15, -0.1) is 0 Å². The molecule has 5 atom stereocenters. The van der Waals surface area contributed by atoms with Gasteiger partial charge in [-0.1, -0.05) is 64.1 Å². The largest absolute Gasteiger partial charge is 0.453 e. The number of hydrogen-bond donors (Lipinski definition) is 7. The van der Waals surface area contributed by atoms with Crippen LogP contribution in [-0.2, 0) is 14.3 Å². The fourth-order valence-electron chi connectivity index (χ4n) is 6.02. The Hall–Kier alpha value is -5.47. The monoisotopic (exact) mass is 712 g/mol. The van der Waals surface area contributed by atoms with Crippen molar-refractivity contribution in [1.29, 1.82) is 0 Å². The second-order valence-corrected chi connectivity index (χ2v) is 13.6. The van der Waals surface area contributed by atoms with Crippen LogP contribution in [0.2, 0.25) is 0 Å². The standard InChI is InChI=1S/C38H48N8O6/c1-19(2)31(45-37(49)51-7)35(47)39-21(5)33-41-27-15-13-25(17-29(27)43-33)23-9-11-24(12-10-23)26-14-16-28-30(18-26)44-34(42-28)22(6)40-36(48)32(20(3)4)46-38(50)52-8/h9-22,31-32,35,39,47H,1-8H3,(H,40,48)(H,41,43)(H,42,44)(H,45,49)(H,46,50). The third kappa shape index (κ3) is 8.69. The van der Waals surface area contributed by atoms with E-state index < -0.39 is 36.5 Å². The van der Waals surface area contributed by atoms with E-state index in [4.69, 9.17) is 9.72 Å². The van der Waals surface area contributed by atoms with Crippen LogP contribution in [0.4, 0.5) is 9.59 Å². The van der Waals surface area contributed by atoms with E-state index in [9.17, 15) is 19.5 Å². The van der Waals surface area contributed by atoms with E-state index in [2.05, 4.69) is 65.2 Å². The summed E-state index contributed by atoms with van der Waals surface area (Å²) >= 11 is 0. The summed E-state index contributed by atoms with van der Waals surface area (Å²) in [5.41, 5.74) is 7.35. The summed E-state index contributed by atoms with van der Waals surface area (Å²) < 4.78 is 9.38. The molecule has 0 saturated carbocycles. The maximum absolute atomic E-state index is 13.0. The van der Waals surface area contributed by atoms with Gasteiger partial charge in [0, 0.05) is 0 Å². The molecule has 5 rings (SSSR count). The Kier molecular flexibility index (Phi) is 11.8. The molecule has 0 aliphatic carbocycles. The van der Waals surface area contributed by atoms with E-state index in [-0.39, 0.29) is 23.8 Å². The van der Waals surface area contributed by atoms with Crippen LogP contribution in [0.5, 0.6) is 0 Å². The lowest BCUT2D eigenvalue weighted by atomic mass is 10.00. The molecule has 5 unspecified atom stereocenters. The molecule has 2 heterocycles.